The molecule has 1 saturated carbocycles. The standard InChI is InChI=1S/C23H27N3O3/c1-2-3-4-8-18-15(10-11-21(18)27)14-26-22(28)20(25-23(26)29)12-16-13-24-19-9-6-5-7-17(16)19/h3-7,9,13,15,18,20,24H,2,8,10-12,14H2,1H3,(H,25,29)/b4-3+. The van der Waals surface area contributed by atoms with Crippen LogP contribution in [0.2, 0.25) is 0 Å². The molecule has 2 aliphatic rings. The van der Waals surface area contributed by atoms with E-state index in [1.807, 2.05) is 36.5 Å². The summed E-state index contributed by atoms with van der Waals surface area (Å²) in [6.07, 6.45) is 9.38. The van der Waals surface area contributed by atoms with Crippen molar-refractivity contribution in [3.05, 3.63) is 48.2 Å². The summed E-state index contributed by atoms with van der Waals surface area (Å²) in [5.74, 6) is 0.0113. The summed E-state index contributed by atoms with van der Waals surface area (Å²) in [4.78, 5) is 42.3. The first kappa shape index (κ1) is 19.4. The van der Waals surface area contributed by atoms with Crippen LogP contribution in [0.1, 0.15) is 38.2 Å². The van der Waals surface area contributed by atoms with Gasteiger partial charge in [-0.3, -0.25) is 14.5 Å². The molecule has 1 saturated heterocycles. The molecule has 1 aliphatic carbocycles. The second-order valence-electron chi connectivity index (χ2n) is 8.00. The summed E-state index contributed by atoms with van der Waals surface area (Å²) in [6.45, 7) is 2.39. The molecule has 0 bridgehead atoms. The second-order valence-corrected chi connectivity index (χ2v) is 8.00. The average Bonchev–Trinajstić information content (AvgIpc) is 3.36. The van der Waals surface area contributed by atoms with Crippen LogP contribution in [0.4, 0.5) is 4.79 Å². The van der Waals surface area contributed by atoms with Gasteiger partial charge in [0.15, 0.2) is 0 Å². The highest BCUT2D eigenvalue weighted by atomic mass is 16.2. The van der Waals surface area contributed by atoms with Crippen LogP contribution in [0, 0.1) is 11.8 Å². The highest BCUT2D eigenvalue weighted by Crippen LogP contribution is 2.33. The van der Waals surface area contributed by atoms with Crippen molar-refractivity contribution in [2.45, 2.75) is 45.1 Å². The van der Waals surface area contributed by atoms with Crippen LogP contribution >= 0.6 is 0 Å². The van der Waals surface area contributed by atoms with Crippen molar-refractivity contribution in [2.24, 2.45) is 11.8 Å². The van der Waals surface area contributed by atoms with Crippen LogP contribution in [-0.4, -0.2) is 40.2 Å². The third-order valence-electron chi connectivity index (χ3n) is 6.16. The summed E-state index contributed by atoms with van der Waals surface area (Å²) in [5, 5.41) is 3.90. The van der Waals surface area contributed by atoms with Gasteiger partial charge in [-0.25, -0.2) is 4.79 Å². The van der Waals surface area contributed by atoms with Crippen LogP contribution < -0.4 is 5.32 Å². The van der Waals surface area contributed by atoms with Gasteiger partial charge < -0.3 is 10.3 Å². The van der Waals surface area contributed by atoms with Crippen LogP contribution in [-0.2, 0) is 16.0 Å². The number of H-pyrrole nitrogens is 1. The Morgan fingerprint density at radius 2 is 2.00 bits per heavy atom. The van der Waals surface area contributed by atoms with Gasteiger partial charge in [0.2, 0.25) is 0 Å². The number of aromatic nitrogens is 1. The minimum absolute atomic E-state index is 0.0468. The molecule has 152 valence electrons. The summed E-state index contributed by atoms with van der Waals surface area (Å²) >= 11 is 0. The zero-order valence-corrected chi connectivity index (χ0v) is 16.7. The number of para-hydroxylation sites is 1. The number of fused-ring (bicyclic) bond motifs is 1. The van der Waals surface area contributed by atoms with E-state index in [0.717, 1.165) is 29.3 Å². The molecule has 2 heterocycles. The molecule has 2 N–H and O–H groups in total. The molecule has 0 radical (unpaired) electrons. The number of allylic oxidation sites excluding steroid dienone is 2. The Bertz CT molecular complexity index is 961. The van der Waals surface area contributed by atoms with Gasteiger partial charge in [-0.15, -0.1) is 0 Å². The Labute approximate surface area is 170 Å². The fraction of sp³-hybridized carbons (Fsp3) is 0.435. The zero-order chi connectivity index (χ0) is 20.4. The number of benzene rings is 1. The van der Waals surface area contributed by atoms with Crippen molar-refractivity contribution in [3.63, 3.8) is 0 Å². The van der Waals surface area contributed by atoms with Crippen molar-refractivity contribution < 1.29 is 14.4 Å². The molecular formula is C23H27N3O3. The molecule has 3 unspecified atom stereocenters. The van der Waals surface area contributed by atoms with Gasteiger partial charge >= 0.3 is 6.03 Å². The molecule has 6 nitrogen and oxygen atoms in total. The first-order valence-electron chi connectivity index (χ1n) is 10.4. The number of nitrogens with zero attached hydrogens (tertiary/aromatic N) is 1. The highest BCUT2D eigenvalue weighted by molar-refractivity contribution is 6.04. The van der Waals surface area contributed by atoms with E-state index in [9.17, 15) is 14.4 Å². The number of carbonyl (C=O) groups excluding carboxylic acids is 3. The van der Waals surface area contributed by atoms with Crippen molar-refractivity contribution in [1.29, 1.82) is 0 Å². The van der Waals surface area contributed by atoms with Gasteiger partial charge in [0.05, 0.1) is 0 Å². The molecule has 3 atom stereocenters. The number of nitrogens with one attached hydrogen (secondary N) is 2. The average molecular weight is 393 g/mol. The van der Waals surface area contributed by atoms with Crippen molar-refractivity contribution in [2.75, 3.05) is 6.54 Å². The first-order chi connectivity index (χ1) is 14.1. The number of Topliss-reactive ketones (excluding diaryl/α,β-unsaturated/α-hetero) is 1. The molecule has 1 aliphatic heterocycles. The van der Waals surface area contributed by atoms with Crippen LogP contribution in [0.15, 0.2) is 42.6 Å². The quantitative estimate of drug-likeness (QED) is 0.557. The minimum Gasteiger partial charge on any atom is -0.361 e. The lowest BCUT2D eigenvalue weighted by Gasteiger charge is -2.22. The fourth-order valence-electron chi connectivity index (χ4n) is 4.57. The maximum atomic E-state index is 12.9. The van der Waals surface area contributed by atoms with E-state index in [-0.39, 0.29) is 29.6 Å². The van der Waals surface area contributed by atoms with E-state index in [0.29, 0.717) is 25.8 Å². The molecule has 1 aromatic heterocycles. The number of carbonyl (C=O) groups is 3. The van der Waals surface area contributed by atoms with Crippen LogP contribution in [0.25, 0.3) is 10.9 Å². The summed E-state index contributed by atoms with van der Waals surface area (Å²) in [6, 6.07) is 7.02. The topological polar surface area (TPSA) is 82.3 Å². The van der Waals surface area contributed by atoms with E-state index in [1.54, 1.807) is 0 Å². The molecule has 3 amide bonds. The van der Waals surface area contributed by atoms with Crippen molar-refractivity contribution in [1.82, 2.24) is 15.2 Å². The molecule has 2 fully saturated rings. The largest absolute Gasteiger partial charge is 0.361 e. The Kier molecular flexibility index (Phi) is 5.51. The number of urea groups is 1. The number of amides is 3. The van der Waals surface area contributed by atoms with Gasteiger partial charge in [0, 0.05) is 42.4 Å². The first-order valence-corrected chi connectivity index (χ1v) is 10.4. The lowest BCUT2D eigenvalue weighted by molar-refractivity contribution is -0.128. The SMILES string of the molecule is CC/C=C/CC1C(=O)CCC1CN1C(=O)NC(Cc2c[nH]c3ccccc23)C1=O. The number of hydrogen-bond acceptors (Lipinski definition) is 3. The number of aromatic amines is 1. The second kappa shape index (κ2) is 8.23. The van der Waals surface area contributed by atoms with Gasteiger partial charge in [0.1, 0.15) is 11.8 Å². The van der Waals surface area contributed by atoms with Crippen LogP contribution in [0.3, 0.4) is 0 Å². The third-order valence-corrected chi connectivity index (χ3v) is 6.16. The summed E-state index contributed by atoms with van der Waals surface area (Å²) < 4.78 is 0. The fourth-order valence-corrected chi connectivity index (χ4v) is 4.57. The normalized spacial score (nSPS) is 24.9. The van der Waals surface area contributed by atoms with Gasteiger partial charge in [-0.2, -0.15) is 0 Å². The Morgan fingerprint density at radius 3 is 2.83 bits per heavy atom. The molecule has 1 aromatic carbocycles. The lowest BCUT2D eigenvalue weighted by Crippen LogP contribution is -2.37. The lowest BCUT2D eigenvalue weighted by atomic mass is 9.91. The Morgan fingerprint density at radius 1 is 1.17 bits per heavy atom. The van der Waals surface area contributed by atoms with Gasteiger partial charge in [0.25, 0.3) is 5.91 Å². The number of ketones is 1. The number of imide groups is 1. The van der Waals surface area contributed by atoms with E-state index in [1.165, 1.54) is 4.90 Å². The number of rotatable bonds is 7. The predicted octanol–water partition coefficient (Wildman–Crippen LogP) is 3.58. The van der Waals surface area contributed by atoms with E-state index in [2.05, 4.69) is 23.3 Å². The van der Waals surface area contributed by atoms with E-state index < -0.39 is 6.04 Å². The minimum atomic E-state index is -0.558. The summed E-state index contributed by atoms with van der Waals surface area (Å²) in [5.41, 5.74) is 2.03. The predicted molar refractivity (Wildman–Crippen MR) is 111 cm³/mol. The Balaban J connectivity index is 1.44. The summed E-state index contributed by atoms with van der Waals surface area (Å²) in [7, 11) is 0. The molecular weight excluding hydrogens is 366 g/mol. The molecule has 0 spiro atoms. The van der Waals surface area contributed by atoms with E-state index in [4.69, 9.17) is 0 Å². The van der Waals surface area contributed by atoms with Crippen LogP contribution in [0.5, 0.6) is 0 Å². The molecule has 4 rings (SSSR count). The Hall–Kier alpha value is -2.89. The van der Waals surface area contributed by atoms with Gasteiger partial charge in [-0.05, 0) is 36.8 Å². The molecule has 2 aromatic rings. The maximum absolute atomic E-state index is 12.9. The number of hydrogen-bond donors (Lipinski definition) is 2. The highest BCUT2D eigenvalue weighted by Gasteiger charge is 2.42. The molecule has 6 heteroatoms. The monoisotopic (exact) mass is 393 g/mol. The van der Waals surface area contributed by atoms with Crippen molar-refractivity contribution in [3.8, 4) is 0 Å². The van der Waals surface area contributed by atoms with Gasteiger partial charge in [-0.1, -0.05) is 37.3 Å². The van der Waals surface area contributed by atoms with E-state index >= 15 is 0 Å². The zero-order valence-electron chi connectivity index (χ0n) is 16.7. The third kappa shape index (κ3) is 3.84. The maximum Gasteiger partial charge on any atom is 0.324 e. The smallest absolute Gasteiger partial charge is 0.324 e. The molecule has 29 heavy (non-hydrogen) atoms. The van der Waals surface area contributed by atoms with Crippen molar-refractivity contribution >= 4 is 28.6 Å².